The number of nitrogens with one attached hydrogen (secondary N) is 2. The Bertz CT molecular complexity index is 464. The second kappa shape index (κ2) is 4.73. The van der Waals surface area contributed by atoms with Gasteiger partial charge in [-0.25, -0.2) is 9.78 Å². The molecule has 2 heterocycles. The molecule has 1 amide bonds. The summed E-state index contributed by atoms with van der Waals surface area (Å²) in [7, 11) is 0. The fourth-order valence-corrected chi connectivity index (χ4v) is 1.95. The van der Waals surface area contributed by atoms with Crippen molar-refractivity contribution >= 4 is 17.6 Å². The van der Waals surface area contributed by atoms with Gasteiger partial charge in [0.2, 0.25) is 5.91 Å². The van der Waals surface area contributed by atoms with Crippen LogP contribution in [-0.2, 0) is 4.79 Å². The van der Waals surface area contributed by atoms with Crippen LogP contribution in [0.1, 0.15) is 30.3 Å². The molecule has 1 atom stereocenters. The number of aromatic nitrogens is 1. The van der Waals surface area contributed by atoms with E-state index in [1.165, 1.54) is 18.3 Å². The van der Waals surface area contributed by atoms with Gasteiger partial charge in [-0.2, -0.15) is 0 Å². The normalized spacial score (nSPS) is 22.7. The van der Waals surface area contributed by atoms with E-state index in [1.54, 1.807) is 0 Å². The summed E-state index contributed by atoms with van der Waals surface area (Å²) in [5.41, 5.74) is -0.0935. The molecule has 96 valence electrons. The lowest BCUT2D eigenvalue weighted by Gasteiger charge is -2.22. The number of amides is 1. The topological polar surface area (TPSA) is 91.3 Å². The minimum absolute atomic E-state index is 0.0433. The van der Waals surface area contributed by atoms with Crippen molar-refractivity contribution in [1.29, 1.82) is 0 Å². The van der Waals surface area contributed by atoms with Crippen molar-refractivity contribution in [2.24, 2.45) is 0 Å². The Morgan fingerprint density at radius 3 is 2.78 bits per heavy atom. The minimum Gasteiger partial charge on any atom is -0.477 e. The molecule has 0 aliphatic carbocycles. The van der Waals surface area contributed by atoms with Crippen molar-refractivity contribution in [2.45, 2.75) is 25.3 Å². The van der Waals surface area contributed by atoms with Crippen molar-refractivity contribution in [1.82, 2.24) is 10.3 Å². The van der Waals surface area contributed by atoms with Crippen molar-refractivity contribution in [2.75, 3.05) is 11.9 Å². The number of carboxylic acid groups (broad SMARTS) is 1. The van der Waals surface area contributed by atoms with Gasteiger partial charge in [-0.05, 0) is 38.4 Å². The maximum absolute atomic E-state index is 12.0. The molecule has 1 aromatic heterocycles. The first-order valence-corrected chi connectivity index (χ1v) is 5.77. The second-order valence-corrected chi connectivity index (χ2v) is 4.55. The second-order valence-electron chi connectivity index (χ2n) is 4.55. The Balaban J connectivity index is 2.05. The summed E-state index contributed by atoms with van der Waals surface area (Å²) in [6, 6.07) is 2.90. The summed E-state index contributed by atoms with van der Waals surface area (Å²) in [6.07, 6.45) is 3.11. The highest BCUT2D eigenvalue weighted by Crippen LogP contribution is 2.20. The van der Waals surface area contributed by atoms with Crippen LogP contribution in [0.2, 0.25) is 0 Å². The maximum atomic E-state index is 12.0. The number of carboxylic acids is 1. The van der Waals surface area contributed by atoms with Crippen LogP contribution in [0.5, 0.6) is 0 Å². The van der Waals surface area contributed by atoms with Gasteiger partial charge in [0.1, 0.15) is 5.69 Å². The number of carbonyl (C=O) groups is 2. The molecule has 18 heavy (non-hydrogen) atoms. The van der Waals surface area contributed by atoms with Gasteiger partial charge in [-0.15, -0.1) is 0 Å². The van der Waals surface area contributed by atoms with Gasteiger partial charge >= 0.3 is 5.97 Å². The quantitative estimate of drug-likeness (QED) is 0.739. The molecule has 0 saturated carbocycles. The third kappa shape index (κ3) is 2.48. The average molecular weight is 249 g/mol. The smallest absolute Gasteiger partial charge is 0.354 e. The number of anilines is 1. The zero-order chi connectivity index (χ0) is 13.2. The summed E-state index contributed by atoms with van der Waals surface area (Å²) >= 11 is 0. The Labute approximate surface area is 104 Å². The van der Waals surface area contributed by atoms with Gasteiger partial charge in [0.05, 0.1) is 17.4 Å². The molecule has 1 aromatic rings. The van der Waals surface area contributed by atoms with Gasteiger partial charge in [-0.3, -0.25) is 4.79 Å². The largest absolute Gasteiger partial charge is 0.477 e. The Hall–Kier alpha value is -1.95. The van der Waals surface area contributed by atoms with Crippen molar-refractivity contribution in [3.8, 4) is 0 Å². The molecule has 0 radical (unpaired) electrons. The number of hydrogen-bond acceptors (Lipinski definition) is 4. The van der Waals surface area contributed by atoms with E-state index in [4.69, 9.17) is 5.11 Å². The molecular formula is C12H15N3O3. The maximum Gasteiger partial charge on any atom is 0.354 e. The van der Waals surface area contributed by atoms with Crippen LogP contribution in [0.25, 0.3) is 0 Å². The monoisotopic (exact) mass is 249 g/mol. The van der Waals surface area contributed by atoms with Gasteiger partial charge in [-0.1, -0.05) is 0 Å². The number of aromatic carboxylic acids is 1. The lowest BCUT2D eigenvalue weighted by atomic mass is 9.99. The zero-order valence-electron chi connectivity index (χ0n) is 10.1. The molecule has 1 fully saturated rings. The Morgan fingerprint density at radius 1 is 1.50 bits per heavy atom. The molecule has 0 bridgehead atoms. The van der Waals surface area contributed by atoms with E-state index in [0.717, 1.165) is 19.4 Å². The predicted octanol–water partition coefficient (Wildman–Crippen LogP) is 0.860. The van der Waals surface area contributed by atoms with E-state index >= 15 is 0 Å². The highest BCUT2D eigenvalue weighted by atomic mass is 16.4. The SMILES string of the molecule is CC1(C(=O)Nc2ccc(C(=O)O)nc2)CCCN1. The van der Waals surface area contributed by atoms with Crippen molar-refractivity contribution in [3.63, 3.8) is 0 Å². The molecule has 2 rings (SSSR count). The predicted molar refractivity (Wildman–Crippen MR) is 65.5 cm³/mol. The summed E-state index contributed by atoms with van der Waals surface area (Å²) < 4.78 is 0. The van der Waals surface area contributed by atoms with E-state index in [1.807, 2.05) is 6.92 Å². The summed E-state index contributed by atoms with van der Waals surface area (Å²) in [5, 5.41) is 14.6. The summed E-state index contributed by atoms with van der Waals surface area (Å²) in [5.74, 6) is -1.21. The van der Waals surface area contributed by atoms with E-state index in [-0.39, 0.29) is 11.6 Å². The number of hydrogen-bond donors (Lipinski definition) is 3. The van der Waals surface area contributed by atoms with Gasteiger partial charge < -0.3 is 15.7 Å². The fraction of sp³-hybridized carbons (Fsp3) is 0.417. The van der Waals surface area contributed by atoms with Gasteiger partial charge in [0.15, 0.2) is 0 Å². The van der Waals surface area contributed by atoms with E-state index in [2.05, 4.69) is 15.6 Å². The van der Waals surface area contributed by atoms with Gasteiger partial charge in [0.25, 0.3) is 0 Å². The highest BCUT2D eigenvalue weighted by Gasteiger charge is 2.35. The number of nitrogens with zero attached hydrogens (tertiary/aromatic N) is 1. The van der Waals surface area contributed by atoms with Crippen LogP contribution >= 0.6 is 0 Å². The van der Waals surface area contributed by atoms with Crippen LogP contribution < -0.4 is 10.6 Å². The molecule has 6 heteroatoms. The Kier molecular flexibility index (Phi) is 3.29. The van der Waals surface area contributed by atoms with Crippen LogP contribution in [-0.4, -0.2) is 34.1 Å². The molecule has 1 aliphatic rings. The third-order valence-electron chi connectivity index (χ3n) is 3.11. The first kappa shape index (κ1) is 12.5. The molecule has 1 saturated heterocycles. The van der Waals surface area contributed by atoms with Crippen LogP contribution in [0, 0.1) is 0 Å². The molecular weight excluding hydrogens is 234 g/mol. The summed E-state index contributed by atoms with van der Waals surface area (Å²) in [4.78, 5) is 26.4. The molecule has 1 unspecified atom stereocenters. The first-order chi connectivity index (χ1) is 8.51. The number of carbonyl (C=O) groups excluding carboxylic acids is 1. The lowest BCUT2D eigenvalue weighted by Crippen LogP contribution is -2.47. The standard InChI is InChI=1S/C12H15N3O3/c1-12(5-2-6-14-12)11(18)15-8-3-4-9(10(16)17)13-7-8/h3-4,7,14H,2,5-6H2,1H3,(H,15,18)(H,16,17). The molecule has 1 aliphatic heterocycles. The van der Waals surface area contributed by atoms with Crippen LogP contribution in [0.15, 0.2) is 18.3 Å². The molecule has 6 nitrogen and oxygen atoms in total. The van der Waals surface area contributed by atoms with Gasteiger partial charge in [0, 0.05) is 0 Å². The molecule has 0 aromatic carbocycles. The highest BCUT2D eigenvalue weighted by molar-refractivity contribution is 5.98. The minimum atomic E-state index is -1.09. The number of rotatable bonds is 3. The average Bonchev–Trinajstić information content (AvgIpc) is 2.78. The Morgan fingerprint density at radius 2 is 2.28 bits per heavy atom. The molecule has 0 spiro atoms. The lowest BCUT2D eigenvalue weighted by molar-refractivity contribution is -0.121. The fourth-order valence-electron chi connectivity index (χ4n) is 1.95. The van der Waals surface area contributed by atoms with E-state index in [0.29, 0.717) is 5.69 Å². The third-order valence-corrected chi connectivity index (χ3v) is 3.11. The zero-order valence-corrected chi connectivity index (χ0v) is 10.1. The summed E-state index contributed by atoms with van der Waals surface area (Å²) in [6.45, 7) is 2.69. The van der Waals surface area contributed by atoms with E-state index in [9.17, 15) is 9.59 Å². The first-order valence-electron chi connectivity index (χ1n) is 5.77. The van der Waals surface area contributed by atoms with Crippen LogP contribution in [0.3, 0.4) is 0 Å². The van der Waals surface area contributed by atoms with E-state index < -0.39 is 11.5 Å². The van der Waals surface area contributed by atoms with Crippen molar-refractivity contribution < 1.29 is 14.7 Å². The van der Waals surface area contributed by atoms with Crippen molar-refractivity contribution in [3.05, 3.63) is 24.0 Å². The van der Waals surface area contributed by atoms with Crippen LogP contribution in [0.4, 0.5) is 5.69 Å². The molecule has 3 N–H and O–H groups in total. The number of pyridine rings is 1.